The van der Waals surface area contributed by atoms with Crippen LogP contribution >= 0.6 is 0 Å². The number of hydrogen-bond acceptors (Lipinski definition) is 5. The fourth-order valence-electron chi connectivity index (χ4n) is 3.58. The van der Waals surface area contributed by atoms with Gasteiger partial charge in [0.15, 0.2) is 0 Å². The predicted octanol–water partition coefficient (Wildman–Crippen LogP) is 6.53. The van der Waals surface area contributed by atoms with Crippen LogP contribution < -0.4 is 14.8 Å². The van der Waals surface area contributed by atoms with E-state index < -0.39 is 17.6 Å². The molecular formula is C24H24F3N3O2. The normalized spacial score (nSPS) is 14.7. The van der Waals surface area contributed by atoms with Gasteiger partial charge in [-0.15, -0.1) is 0 Å². The number of aromatic nitrogens is 2. The van der Waals surface area contributed by atoms with Crippen molar-refractivity contribution in [2.45, 2.75) is 51.0 Å². The Labute approximate surface area is 184 Å². The summed E-state index contributed by atoms with van der Waals surface area (Å²) in [5.41, 5.74) is 0.354. The first-order valence-corrected chi connectivity index (χ1v) is 10.6. The number of benzene rings is 2. The van der Waals surface area contributed by atoms with Gasteiger partial charge in [0.1, 0.15) is 17.9 Å². The van der Waals surface area contributed by atoms with Gasteiger partial charge in [-0.2, -0.15) is 18.2 Å². The Morgan fingerprint density at radius 3 is 2.34 bits per heavy atom. The first-order valence-electron chi connectivity index (χ1n) is 10.6. The highest BCUT2D eigenvalue weighted by atomic mass is 19.4. The van der Waals surface area contributed by atoms with Gasteiger partial charge in [0.2, 0.25) is 11.8 Å². The summed E-state index contributed by atoms with van der Waals surface area (Å²) in [5, 5.41) is 2.93. The number of alkyl halides is 3. The molecule has 1 aromatic heterocycles. The van der Waals surface area contributed by atoms with E-state index in [-0.39, 0.29) is 18.7 Å². The SMILES string of the molecule is FC(F)(F)c1cnc(Nc2ccc(OC3CCCCC3)cc2)nc1OCc1ccccc1. The minimum absolute atomic E-state index is 0.0158. The fraction of sp³-hybridized carbons (Fsp3) is 0.333. The fourth-order valence-corrected chi connectivity index (χ4v) is 3.58. The van der Waals surface area contributed by atoms with Gasteiger partial charge in [0.25, 0.3) is 0 Å². The van der Waals surface area contributed by atoms with Crippen LogP contribution in [0.15, 0.2) is 60.8 Å². The molecule has 1 heterocycles. The molecule has 0 spiro atoms. The molecule has 1 saturated carbocycles. The number of rotatable bonds is 7. The highest BCUT2D eigenvalue weighted by Gasteiger charge is 2.36. The topological polar surface area (TPSA) is 56.3 Å². The van der Waals surface area contributed by atoms with E-state index in [0.717, 1.165) is 30.4 Å². The van der Waals surface area contributed by atoms with Crippen molar-refractivity contribution in [1.82, 2.24) is 9.97 Å². The zero-order valence-electron chi connectivity index (χ0n) is 17.4. The average molecular weight is 443 g/mol. The molecular weight excluding hydrogens is 419 g/mol. The van der Waals surface area contributed by atoms with Crippen LogP contribution in [-0.2, 0) is 12.8 Å². The molecule has 5 nitrogen and oxygen atoms in total. The van der Waals surface area contributed by atoms with Crippen molar-refractivity contribution in [2.24, 2.45) is 0 Å². The van der Waals surface area contributed by atoms with Crippen molar-refractivity contribution in [3.05, 3.63) is 71.9 Å². The molecule has 3 aromatic rings. The van der Waals surface area contributed by atoms with Crippen LogP contribution in [0.4, 0.5) is 24.8 Å². The summed E-state index contributed by atoms with van der Waals surface area (Å²) in [5.74, 6) is 0.265. The van der Waals surface area contributed by atoms with Gasteiger partial charge < -0.3 is 14.8 Å². The van der Waals surface area contributed by atoms with Crippen LogP contribution in [0.2, 0.25) is 0 Å². The smallest absolute Gasteiger partial charge is 0.423 e. The van der Waals surface area contributed by atoms with Gasteiger partial charge in [-0.1, -0.05) is 36.8 Å². The van der Waals surface area contributed by atoms with Gasteiger partial charge in [0, 0.05) is 11.9 Å². The monoisotopic (exact) mass is 443 g/mol. The number of nitrogens with one attached hydrogen (secondary N) is 1. The van der Waals surface area contributed by atoms with Crippen molar-refractivity contribution < 1.29 is 22.6 Å². The van der Waals surface area contributed by atoms with Crippen molar-refractivity contribution >= 4 is 11.6 Å². The lowest BCUT2D eigenvalue weighted by molar-refractivity contribution is -0.139. The largest absolute Gasteiger partial charge is 0.490 e. The number of anilines is 2. The van der Waals surface area contributed by atoms with Crippen LogP contribution in [0.25, 0.3) is 0 Å². The summed E-state index contributed by atoms with van der Waals surface area (Å²) < 4.78 is 51.5. The van der Waals surface area contributed by atoms with Crippen molar-refractivity contribution in [3.63, 3.8) is 0 Å². The van der Waals surface area contributed by atoms with Crippen LogP contribution in [0, 0.1) is 0 Å². The molecule has 0 radical (unpaired) electrons. The van der Waals surface area contributed by atoms with E-state index in [1.54, 1.807) is 36.4 Å². The maximum atomic E-state index is 13.4. The second kappa shape index (κ2) is 9.89. The molecule has 0 bridgehead atoms. The van der Waals surface area contributed by atoms with Crippen LogP contribution in [0.1, 0.15) is 43.2 Å². The molecule has 0 unspecified atom stereocenters. The Hall–Kier alpha value is -3.29. The molecule has 1 fully saturated rings. The first kappa shape index (κ1) is 21.9. The lowest BCUT2D eigenvalue weighted by atomic mass is 9.98. The quantitative estimate of drug-likeness (QED) is 0.450. The van der Waals surface area contributed by atoms with Gasteiger partial charge >= 0.3 is 6.18 Å². The maximum Gasteiger partial charge on any atom is 0.423 e. The standard InChI is InChI=1S/C24H24F3N3O2/c25-24(26,27)21-15-28-23(30-22(21)31-16-17-7-3-1-4-8-17)29-18-11-13-20(14-12-18)32-19-9-5-2-6-10-19/h1,3-4,7-8,11-15,19H,2,5-6,9-10,16H2,(H,28,29,30). The van der Waals surface area contributed by atoms with E-state index in [9.17, 15) is 13.2 Å². The second-order valence-corrected chi connectivity index (χ2v) is 7.71. The second-order valence-electron chi connectivity index (χ2n) is 7.71. The summed E-state index contributed by atoms with van der Waals surface area (Å²) in [6.07, 6.45) is 2.10. The molecule has 0 saturated heterocycles. The Morgan fingerprint density at radius 1 is 0.938 bits per heavy atom. The van der Waals surface area contributed by atoms with E-state index in [1.165, 1.54) is 19.3 Å². The summed E-state index contributed by atoms with van der Waals surface area (Å²) in [6, 6.07) is 16.2. The van der Waals surface area contributed by atoms with Gasteiger partial charge in [-0.25, -0.2) is 4.98 Å². The van der Waals surface area contributed by atoms with E-state index in [1.807, 2.05) is 18.2 Å². The minimum Gasteiger partial charge on any atom is -0.490 e. The Balaban J connectivity index is 1.45. The third-order valence-corrected chi connectivity index (χ3v) is 5.24. The van der Waals surface area contributed by atoms with Gasteiger partial charge in [-0.05, 0) is 55.5 Å². The summed E-state index contributed by atoms with van der Waals surface area (Å²) >= 11 is 0. The summed E-state index contributed by atoms with van der Waals surface area (Å²) in [6.45, 7) is -0.0342. The molecule has 4 rings (SSSR count). The van der Waals surface area contributed by atoms with Crippen LogP contribution in [0.3, 0.4) is 0 Å². The first-order chi connectivity index (χ1) is 15.5. The minimum atomic E-state index is -4.62. The highest BCUT2D eigenvalue weighted by Crippen LogP contribution is 2.35. The van der Waals surface area contributed by atoms with Gasteiger partial charge in [-0.3, -0.25) is 0 Å². The van der Waals surface area contributed by atoms with Gasteiger partial charge in [0.05, 0.1) is 6.10 Å². The summed E-state index contributed by atoms with van der Waals surface area (Å²) in [7, 11) is 0. The number of nitrogens with zero attached hydrogens (tertiary/aromatic N) is 2. The predicted molar refractivity (Wildman–Crippen MR) is 115 cm³/mol. The lowest BCUT2D eigenvalue weighted by Crippen LogP contribution is -2.19. The highest BCUT2D eigenvalue weighted by molar-refractivity contribution is 5.55. The molecule has 2 aromatic carbocycles. The molecule has 0 aliphatic heterocycles. The van der Waals surface area contributed by atoms with Crippen molar-refractivity contribution in [3.8, 4) is 11.6 Å². The van der Waals surface area contributed by atoms with E-state index in [0.29, 0.717) is 5.69 Å². The van der Waals surface area contributed by atoms with E-state index in [4.69, 9.17) is 9.47 Å². The maximum absolute atomic E-state index is 13.4. The Kier molecular flexibility index (Phi) is 6.78. The number of halogens is 3. The van der Waals surface area contributed by atoms with E-state index >= 15 is 0 Å². The Morgan fingerprint density at radius 2 is 1.66 bits per heavy atom. The third kappa shape index (κ3) is 5.90. The zero-order valence-corrected chi connectivity index (χ0v) is 17.4. The average Bonchev–Trinajstić information content (AvgIpc) is 2.80. The molecule has 1 aliphatic carbocycles. The number of ether oxygens (including phenoxy) is 2. The molecule has 168 valence electrons. The lowest BCUT2D eigenvalue weighted by Gasteiger charge is -2.23. The molecule has 0 amide bonds. The molecule has 0 atom stereocenters. The molecule has 8 heteroatoms. The Bertz CT molecular complexity index is 1010. The molecule has 1 N–H and O–H groups in total. The zero-order chi connectivity index (χ0) is 22.4. The van der Waals surface area contributed by atoms with Crippen LogP contribution in [0.5, 0.6) is 11.6 Å². The molecule has 32 heavy (non-hydrogen) atoms. The van der Waals surface area contributed by atoms with Crippen molar-refractivity contribution in [1.29, 1.82) is 0 Å². The number of hydrogen-bond donors (Lipinski definition) is 1. The van der Waals surface area contributed by atoms with E-state index in [2.05, 4.69) is 15.3 Å². The van der Waals surface area contributed by atoms with Crippen LogP contribution in [-0.4, -0.2) is 16.1 Å². The summed E-state index contributed by atoms with van der Waals surface area (Å²) in [4.78, 5) is 7.79. The third-order valence-electron chi connectivity index (χ3n) is 5.24. The molecule has 1 aliphatic rings. The van der Waals surface area contributed by atoms with Crippen molar-refractivity contribution in [2.75, 3.05) is 5.32 Å².